The van der Waals surface area contributed by atoms with Crippen LogP contribution in [0.2, 0.25) is 5.02 Å². The molecular formula is C18H21ClN2O. The van der Waals surface area contributed by atoms with Crippen LogP contribution in [0, 0.1) is 13.8 Å². The smallest absolute Gasteiger partial charge is 0.238 e. The van der Waals surface area contributed by atoms with E-state index in [1.807, 2.05) is 56.3 Å². The Labute approximate surface area is 136 Å². The second-order valence-electron chi connectivity index (χ2n) is 5.37. The molecule has 0 aliphatic rings. The molecule has 0 spiro atoms. The van der Waals surface area contributed by atoms with Gasteiger partial charge in [0.05, 0.1) is 6.54 Å². The average molecular weight is 317 g/mol. The standard InChI is InChI=1S/C18H21ClN2O/c1-13-5-3-6-14(2)18(13)21-17(22)12-20-10-9-15-7-4-8-16(19)11-15/h3-8,11,20H,9-10,12H2,1-2H3,(H,21,22). The van der Waals surface area contributed by atoms with E-state index < -0.39 is 0 Å². The van der Waals surface area contributed by atoms with E-state index in [0.29, 0.717) is 6.54 Å². The van der Waals surface area contributed by atoms with Crippen molar-refractivity contribution in [2.24, 2.45) is 0 Å². The summed E-state index contributed by atoms with van der Waals surface area (Å²) in [6, 6.07) is 13.8. The second kappa shape index (κ2) is 7.97. The van der Waals surface area contributed by atoms with Crippen LogP contribution in [0.15, 0.2) is 42.5 Å². The maximum atomic E-state index is 12.0. The number of hydrogen-bond donors (Lipinski definition) is 2. The maximum absolute atomic E-state index is 12.0. The highest BCUT2D eigenvalue weighted by atomic mass is 35.5. The Kier molecular flexibility index (Phi) is 5.99. The lowest BCUT2D eigenvalue weighted by molar-refractivity contribution is -0.115. The number of aryl methyl sites for hydroxylation is 2. The molecule has 0 aromatic heterocycles. The lowest BCUT2D eigenvalue weighted by Crippen LogP contribution is -2.30. The van der Waals surface area contributed by atoms with Crippen molar-refractivity contribution in [1.29, 1.82) is 0 Å². The van der Waals surface area contributed by atoms with Crippen LogP contribution in [-0.2, 0) is 11.2 Å². The molecule has 1 amide bonds. The molecule has 0 bridgehead atoms. The van der Waals surface area contributed by atoms with Crippen LogP contribution in [0.25, 0.3) is 0 Å². The van der Waals surface area contributed by atoms with E-state index in [1.165, 1.54) is 0 Å². The molecule has 0 radical (unpaired) electrons. The summed E-state index contributed by atoms with van der Waals surface area (Å²) in [6.07, 6.45) is 0.844. The summed E-state index contributed by atoms with van der Waals surface area (Å²) in [6.45, 7) is 5.03. The minimum atomic E-state index is -0.0245. The maximum Gasteiger partial charge on any atom is 0.238 e. The highest BCUT2D eigenvalue weighted by molar-refractivity contribution is 6.30. The molecule has 0 saturated heterocycles. The minimum Gasteiger partial charge on any atom is -0.324 e. The number of benzene rings is 2. The normalized spacial score (nSPS) is 10.5. The number of para-hydroxylation sites is 1. The highest BCUT2D eigenvalue weighted by Gasteiger charge is 2.06. The highest BCUT2D eigenvalue weighted by Crippen LogP contribution is 2.19. The molecule has 3 nitrogen and oxygen atoms in total. The van der Waals surface area contributed by atoms with Crippen LogP contribution < -0.4 is 10.6 Å². The topological polar surface area (TPSA) is 41.1 Å². The summed E-state index contributed by atoms with van der Waals surface area (Å²) >= 11 is 5.94. The predicted molar refractivity (Wildman–Crippen MR) is 92.6 cm³/mol. The van der Waals surface area contributed by atoms with Crippen molar-refractivity contribution in [3.8, 4) is 0 Å². The molecule has 0 atom stereocenters. The molecule has 116 valence electrons. The first kappa shape index (κ1) is 16.5. The molecule has 2 aromatic carbocycles. The van der Waals surface area contributed by atoms with Gasteiger partial charge in [-0.3, -0.25) is 4.79 Å². The first-order valence-corrected chi connectivity index (χ1v) is 7.75. The number of anilines is 1. The van der Waals surface area contributed by atoms with Gasteiger partial charge in [-0.05, 0) is 55.6 Å². The van der Waals surface area contributed by atoms with Gasteiger partial charge in [0.2, 0.25) is 5.91 Å². The Bertz CT molecular complexity index is 635. The fourth-order valence-corrected chi connectivity index (χ4v) is 2.54. The zero-order chi connectivity index (χ0) is 15.9. The molecule has 0 saturated carbocycles. The zero-order valence-corrected chi connectivity index (χ0v) is 13.7. The third-order valence-corrected chi connectivity index (χ3v) is 3.75. The number of halogens is 1. The minimum absolute atomic E-state index is 0.0245. The molecule has 2 rings (SSSR count). The van der Waals surface area contributed by atoms with Crippen LogP contribution in [-0.4, -0.2) is 19.0 Å². The van der Waals surface area contributed by atoms with E-state index in [1.54, 1.807) is 0 Å². The molecular weight excluding hydrogens is 296 g/mol. The summed E-state index contributed by atoms with van der Waals surface area (Å²) in [5.41, 5.74) is 4.22. The van der Waals surface area contributed by atoms with Crippen molar-refractivity contribution in [2.75, 3.05) is 18.4 Å². The van der Waals surface area contributed by atoms with Crippen molar-refractivity contribution < 1.29 is 4.79 Å². The van der Waals surface area contributed by atoms with Gasteiger partial charge in [0.1, 0.15) is 0 Å². The van der Waals surface area contributed by atoms with Gasteiger partial charge in [-0.1, -0.05) is 41.9 Å². The number of carbonyl (C=O) groups excluding carboxylic acids is 1. The van der Waals surface area contributed by atoms with Gasteiger partial charge in [0.15, 0.2) is 0 Å². The lowest BCUT2D eigenvalue weighted by atomic mass is 10.1. The molecule has 0 aliphatic heterocycles. The van der Waals surface area contributed by atoms with Crippen LogP contribution in [0.4, 0.5) is 5.69 Å². The number of hydrogen-bond acceptors (Lipinski definition) is 2. The van der Waals surface area contributed by atoms with Gasteiger partial charge in [0.25, 0.3) is 0 Å². The Morgan fingerprint density at radius 3 is 2.45 bits per heavy atom. The molecule has 0 aliphatic carbocycles. The van der Waals surface area contributed by atoms with E-state index >= 15 is 0 Å². The average Bonchev–Trinajstić information content (AvgIpc) is 2.48. The Hall–Kier alpha value is -1.84. The predicted octanol–water partition coefficient (Wildman–Crippen LogP) is 3.73. The van der Waals surface area contributed by atoms with E-state index in [-0.39, 0.29) is 5.91 Å². The molecule has 0 heterocycles. The van der Waals surface area contributed by atoms with Crippen molar-refractivity contribution in [3.05, 3.63) is 64.2 Å². The van der Waals surface area contributed by atoms with Gasteiger partial charge in [-0.2, -0.15) is 0 Å². The number of rotatable bonds is 6. The number of amides is 1. The lowest BCUT2D eigenvalue weighted by Gasteiger charge is -2.12. The quantitative estimate of drug-likeness (QED) is 0.797. The fourth-order valence-electron chi connectivity index (χ4n) is 2.32. The summed E-state index contributed by atoms with van der Waals surface area (Å²) in [4.78, 5) is 12.0. The van der Waals surface area contributed by atoms with E-state index in [0.717, 1.165) is 40.4 Å². The first-order valence-electron chi connectivity index (χ1n) is 7.37. The second-order valence-corrected chi connectivity index (χ2v) is 5.81. The van der Waals surface area contributed by atoms with Crippen LogP contribution in [0.5, 0.6) is 0 Å². The van der Waals surface area contributed by atoms with Crippen molar-refractivity contribution >= 4 is 23.2 Å². The molecule has 0 fully saturated rings. The molecule has 22 heavy (non-hydrogen) atoms. The Morgan fingerprint density at radius 1 is 1.09 bits per heavy atom. The molecule has 2 N–H and O–H groups in total. The Balaban J connectivity index is 1.76. The van der Waals surface area contributed by atoms with Crippen LogP contribution in [0.3, 0.4) is 0 Å². The van der Waals surface area contributed by atoms with Crippen molar-refractivity contribution in [1.82, 2.24) is 5.32 Å². The largest absolute Gasteiger partial charge is 0.324 e. The summed E-state index contributed by atoms with van der Waals surface area (Å²) in [5, 5.41) is 6.86. The van der Waals surface area contributed by atoms with Crippen LogP contribution in [0.1, 0.15) is 16.7 Å². The SMILES string of the molecule is Cc1cccc(C)c1NC(=O)CNCCc1cccc(Cl)c1. The molecule has 4 heteroatoms. The van der Waals surface area contributed by atoms with E-state index in [2.05, 4.69) is 10.6 Å². The third-order valence-electron chi connectivity index (χ3n) is 3.51. The summed E-state index contributed by atoms with van der Waals surface area (Å²) < 4.78 is 0. The number of carbonyl (C=O) groups is 1. The molecule has 2 aromatic rings. The van der Waals surface area contributed by atoms with E-state index in [4.69, 9.17) is 11.6 Å². The van der Waals surface area contributed by atoms with Gasteiger partial charge in [-0.25, -0.2) is 0 Å². The summed E-state index contributed by atoms with van der Waals surface area (Å²) in [5.74, 6) is -0.0245. The van der Waals surface area contributed by atoms with Gasteiger partial charge >= 0.3 is 0 Å². The van der Waals surface area contributed by atoms with Crippen molar-refractivity contribution in [2.45, 2.75) is 20.3 Å². The monoisotopic (exact) mass is 316 g/mol. The van der Waals surface area contributed by atoms with E-state index in [9.17, 15) is 4.79 Å². The summed E-state index contributed by atoms with van der Waals surface area (Å²) in [7, 11) is 0. The molecule has 0 unspecified atom stereocenters. The van der Waals surface area contributed by atoms with Gasteiger partial charge in [-0.15, -0.1) is 0 Å². The number of nitrogens with one attached hydrogen (secondary N) is 2. The van der Waals surface area contributed by atoms with Crippen molar-refractivity contribution in [3.63, 3.8) is 0 Å². The fraction of sp³-hybridized carbons (Fsp3) is 0.278. The third kappa shape index (κ3) is 4.86. The van der Waals surface area contributed by atoms with Gasteiger partial charge in [0, 0.05) is 10.7 Å². The van der Waals surface area contributed by atoms with Crippen LogP contribution >= 0.6 is 11.6 Å². The first-order chi connectivity index (χ1) is 10.6. The zero-order valence-electron chi connectivity index (χ0n) is 12.9. The Morgan fingerprint density at radius 2 is 1.77 bits per heavy atom. The van der Waals surface area contributed by atoms with Gasteiger partial charge < -0.3 is 10.6 Å².